The lowest BCUT2D eigenvalue weighted by molar-refractivity contribution is -0.121. The first-order chi connectivity index (χ1) is 6.75. The van der Waals surface area contributed by atoms with E-state index in [1.165, 1.54) is 9.35 Å². The molecule has 2 rings (SSSR count). The molecule has 0 N–H and O–H groups in total. The molecule has 4 heteroatoms. The van der Waals surface area contributed by atoms with Gasteiger partial charge in [-0.1, -0.05) is 0 Å². The zero-order valence-corrected chi connectivity index (χ0v) is 10.2. The van der Waals surface area contributed by atoms with Crippen LogP contribution in [0.4, 0.5) is 0 Å². The summed E-state index contributed by atoms with van der Waals surface area (Å²) >= 11 is 5.25. The van der Waals surface area contributed by atoms with Crippen LogP contribution in [0.15, 0.2) is 15.2 Å². The largest absolute Gasteiger partial charge is 0.300 e. The number of piperidine rings is 1. The van der Waals surface area contributed by atoms with Crippen LogP contribution < -0.4 is 0 Å². The van der Waals surface area contributed by atoms with Crippen LogP contribution in [0.25, 0.3) is 0 Å². The van der Waals surface area contributed by atoms with E-state index in [9.17, 15) is 4.79 Å². The highest BCUT2D eigenvalue weighted by Crippen LogP contribution is 2.25. The maximum Gasteiger partial charge on any atom is 0.135 e. The van der Waals surface area contributed by atoms with E-state index < -0.39 is 0 Å². The van der Waals surface area contributed by atoms with E-state index in [1.54, 1.807) is 11.3 Å². The number of carbonyl (C=O) groups is 1. The second-order valence-corrected chi connectivity index (χ2v) is 5.77. The number of likely N-dealkylation sites (tertiary alicyclic amines) is 1. The second kappa shape index (κ2) is 4.55. The van der Waals surface area contributed by atoms with Gasteiger partial charge in [0.1, 0.15) is 5.78 Å². The first kappa shape index (κ1) is 10.3. The van der Waals surface area contributed by atoms with E-state index in [2.05, 4.69) is 32.3 Å². The maximum atomic E-state index is 11.0. The van der Waals surface area contributed by atoms with Crippen molar-refractivity contribution in [2.75, 3.05) is 13.1 Å². The molecule has 1 aliphatic rings. The summed E-state index contributed by atoms with van der Waals surface area (Å²) in [6, 6.07) is 2.14. The van der Waals surface area contributed by atoms with Gasteiger partial charge in [0.25, 0.3) is 0 Å². The Morgan fingerprint density at radius 3 is 2.71 bits per heavy atom. The number of nitrogens with zero attached hydrogens (tertiary/aromatic N) is 1. The van der Waals surface area contributed by atoms with Crippen molar-refractivity contribution in [1.82, 2.24) is 4.90 Å². The topological polar surface area (TPSA) is 20.3 Å². The summed E-state index contributed by atoms with van der Waals surface area (Å²) in [5.74, 6) is 0.408. The molecule has 2 nitrogen and oxygen atoms in total. The first-order valence-electron chi connectivity index (χ1n) is 4.71. The number of hydrogen-bond acceptors (Lipinski definition) is 3. The molecule has 0 saturated carbocycles. The van der Waals surface area contributed by atoms with Gasteiger partial charge in [-0.2, -0.15) is 0 Å². The quantitative estimate of drug-likeness (QED) is 0.826. The van der Waals surface area contributed by atoms with Gasteiger partial charge < -0.3 is 0 Å². The number of hydrogen-bond donors (Lipinski definition) is 0. The highest BCUT2D eigenvalue weighted by Gasteiger charge is 2.16. The molecule has 2 heterocycles. The normalized spacial score (nSPS) is 18.8. The lowest BCUT2D eigenvalue weighted by Crippen LogP contribution is -2.33. The van der Waals surface area contributed by atoms with Crippen LogP contribution in [0.3, 0.4) is 0 Å². The van der Waals surface area contributed by atoms with Crippen LogP contribution in [0.1, 0.15) is 18.4 Å². The second-order valence-electron chi connectivity index (χ2n) is 3.53. The molecule has 1 fully saturated rings. The molecule has 0 unspecified atom stereocenters. The molecule has 0 bridgehead atoms. The predicted molar refractivity (Wildman–Crippen MR) is 61.5 cm³/mol. The summed E-state index contributed by atoms with van der Waals surface area (Å²) in [5.41, 5.74) is 1.34. The standard InChI is InChI=1S/C10H12BrNOS/c11-10-8(3-6-14-10)7-12-4-1-9(13)2-5-12/h3,6H,1-2,4-5,7H2. The average Bonchev–Trinajstić information content (AvgIpc) is 2.56. The molecule has 0 aromatic carbocycles. The van der Waals surface area contributed by atoms with Gasteiger partial charge in [-0.15, -0.1) is 11.3 Å². The molecule has 14 heavy (non-hydrogen) atoms. The summed E-state index contributed by atoms with van der Waals surface area (Å²) in [6.45, 7) is 2.81. The van der Waals surface area contributed by atoms with Gasteiger partial charge in [0, 0.05) is 32.5 Å². The highest BCUT2D eigenvalue weighted by molar-refractivity contribution is 9.11. The van der Waals surface area contributed by atoms with Crippen molar-refractivity contribution in [3.8, 4) is 0 Å². The Morgan fingerprint density at radius 1 is 1.43 bits per heavy atom. The summed E-state index contributed by atoms with van der Waals surface area (Å²) in [7, 11) is 0. The summed E-state index contributed by atoms with van der Waals surface area (Å²) < 4.78 is 1.22. The SMILES string of the molecule is O=C1CCN(Cc2ccsc2Br)CC1. The Labute approximate surface area is 96.0 Å². The molecular weight excluding hydrogens is 262 g/mol. The number of thiophene rings is 1. The van der Waals surface area contributed by atoms with Gasteiger partial charge in [-0.25, -0.2) is 0 Å². The zero-order chi connectivity index (χ0) is 9.97. The van der Waals surface area contributed by atoms with Crippen molar-refractivity contribution in [2.45, 2.75) is 19.4 Å². The Morgan fingerprint density at radius 2 is 2.14 bits per heavy atom. The van der Waals surface area contributed by atoms with Crippen LogP contribution >= 0.6 is 27.3 Å². The van der Waals surface area contributed by atoms with Crippen molar-refractivity contribution in [2.24, 2.45) is 0 Å². The van der Waals surface area contributed by atoms with Gasteiger partial charge in [-0.05, 0) is 32.9 Å². The van der Waals surface area contributed by atoms with Gasteiger partial charge in [0.05, 0.1) is 3.79 Å². The average molecular weight is 274 g/mol. The third kappa shape index (κ3) is 2.43. The predicted octanol–water partition coefficient (Wildman–Crippen LogP) is 2.68. The molecule has 0 aliphatic carbocycles. The van der Waals surface area contributed by atoms with E-state index in [4.69, 9.17) is 0 Å². The molecule has 0 atom stereocenters. The number of rotatable bonds is 2. The molecule has 1 aliphatic heterocycles. The third-order valence-electron chi connectivity index (χ3n) is 2.50. The van der Waals surface area contributed by atoms with E-state index >= 15 is 0 Å². The monoisotopic (exact) mass is 273 g/mol. The molecule has 1 aromatic heterocycles. The molecule has 1 saturated heterocycles. The number of ketones is 1. The fourth-order valence-electron chi connectivity index (χ4n) is 1.63. The van der Waals surface area contributed by atoms with Gasteiger partial charge in [0.15, 0.2) is 0 Å². The number of Topliss-reactive ketones (excluding diaryl/α,β-unsaturated/α-hetero) is 1. The maximum absolute atomic E-state index is 11.0. The number of carbonyl (C=O) groups excluding carboxylic acids is 1. The summed E-state index contributed by atoms with van der Waals surface area (Å²) in [6.07, 6.45) is 1.45. The smallest absolute Gasteiger partial charge is 0.135 e. The van der Waals surface area contributed by atoms with Crippen LogP contribution in [-0.4, -0.2) is 23.8 Å². The van der Waals surface area contributed by atoms with E-state index in [0.717, 1.165) is 32.5 Å². The van der Waals surface area contributed by atoms with Crippen molar-refractivity contribution in [3.63, 3.8) is 0 Å². The van der Waals surface area contributed by atoms with Crippen molar-refractivity contribution in [1.29, 1.82) is 0 Å². The van der Waals surface area contributed by atoms with E-state index in [-0.39, 0.29) is 0 Å². The Hall–Kier alpha value is -0.190. The Bertz CT molecular complexity index is 327. The summed E-state index contributed by atoms with van der Waals surface area (Å²) in [4.78, 5) is 13.4. The van der Waals surface area contributed by atoms with Crippen molar-refractivity contribution >= 4 is 33.0 Å². The highest BCUT2D eigenvalue weighted by atomic mass is 79.9. The minimum atomic E-state index is 0.408. The van der Waals surface area contributed by atoms with Crippen molar-refractivity contribution in [3.05, 3.63) is 20.8 Å². The molecule has 0 amide bonds. The molecule has 0 radical (unpaired) electrons. The van der Waals surface area contributed by atoms with Crippen LogP contribution in [-0.2, 0) is 11.3 Å². The van der Waals surface area contributed by atoms with Crippen molar-refractivity contribution < 1.29 is 4.79 Å². The minimum Gasteiger partial charge on any atom is -0.300 e. The zero-order valence-electron chi connectivity index (χ0n) is 7.83. The van der Waals surface area contributed by atoms with Crippen LogP contribution in [0, 0.1) is 0 Å². The first-order valence-corrected chi connectivity index (χ1v) is 6.39. The Kier molecular flexibility index (Phi) is 3.36. The Balaban J connectivity index is 1.92. The van der Waals surface area contributed by atoms with Gasteiger partial charge in [-0.3, -0.25) is 9.69 Å². The molecule has 76 valence electrons. The van der Waals surface area contributed by atoms with E-state index in [0.29, 0.717) is 5.78 Å². The van der Waals surface area contributed by atoms with Crippen LogP contribution in [0.5, 0.6) is 0 Å². The summed E-state index contributed by atoms with van der Waals surface area (Å²) in [5, 5.41) is 2.09. The van der Waals surface area contributed by atoms with Crippen LogP contribution in [0.2, 0.25) is 0 Å². The van der Waals surface area contributed by atoms with Gasteiger partial charge in [0.2, 0.25) is 0 Å². The fourth-order valence-corrected chi connectivity index (χ4v) is 2.85. The lowest BCUT2D eigenvalue weighted by atomic mass is 10.1. The lowest BCUT2D eigenvalue weighted by Gasteiger charge is -2.25. The molecular formula is C10H12BrNOS. The molecule has 0 spiro atoms. The fraction of sp³-hybridized carbons (Fsp3) is 0.500. The van der Waals surface area contributed by atoms with E-state index in [1.807, 2.05) is 0 Å². The molecule has 1 aromatic rings. The third-order valence-corrected chi connectivity index (χ3v) is 4.31. The van der Waals surface area contributed by atoms with Gasteiger partial charge >= 0.3 is 0 Å². The number of halogens is 1. The minimum absolute atomic E-state index is 0.408.